The Morgan fingerprint density at radius 2 is 2.23 bits per heavy atom. The van der Waals surface area contributed by atoms with Crippen LogP contribution in [-0.4, -0.2) is 10.1 Å². The first-order valence-electron chi connectivity index (χ1n) is 3.40. The molecule has 0 aliphatic rings. The molecule has 3 N–H and O–H groups in total. The molecule has 0 atom stereocenters. The molecule has 0 amide bonds. The van der Waals surface area contributed by atoms with Crippen LogP contribution in [0, 0.1) is 3.57 Å². The molecule has 0 aliphatic carbocycles. The second-order valence-corrected chi connectivity index (χ2v) is 3.51. The molecule has 0 saturated carbocycles. The molecule has 6 heteroatoms. The number of alkyl halides is 2. The highest BCUT2D eigenvalue weighted by atomic mass is 127. The third-order valence-electron chi connectivity index (χ3n) is 1.50. The summed E-state index contributed by atoms with van der Waals surface area (Å²) in [4.78, 5) is 3.47. The van der Waals surface area contributed by atoms with E-state index < -0.39 is 6.43 Å². The monoisotopic (exact) mass is 300 g/mol. The Morgan fingerprint density at radius 1 is 1.62 bits per heavy atom. The van der Waals surface area contributed by atoms with E-state index in [4.69, 9.17) is 10.8 Å². The second kappa shape index (κ2) is 4.14. The summed E-state index contributed by atoms with van der Waals surface area (Å²) < 4.78 is 24.9. The van der Waals surface area contributed by atoms with Gasteiger partial charge >= 0.3 is 0 Å². The molecule has 1 aromatic heterocycles. The van der Waals surface area contributed by atoms with Crippen molar-refractivity contribution in [3.8, 4) is 0 Å². The smallest absolute Gasteiger partial charge is 0.280 e. The topological polar surface area (TPSA) is 59.1 Å². The summed E-state index contributed by atoms with van der Waals surface area (Å²) in [5, 5.41) is 8.82. The number of aromatic nitrogens is 1. The average Bonchev–Trinajstić information content (AvgIpc) is 2.03. The number of pyridine rings is 1. The van der Waals surface area contributed by atoms with Gasteiger partial charge in [0.1, 0.15) is 11.5 Å². The van der Waals surface area contributed by atoms with Crippen LogP contribution in [0.1, 0.15) is 17.7 Å². The number of anilines is 1. The zero-order valence-corrected chi connectivity index (χ0v) is 8.62. The van der Waals surface area contributed by atoms with Crippen molar-refractivity contribution in [2.75, 3.05) is 5.73 Å². The Kier molecular flexibility index (Phi) is 3.37. The summed E-state index contributed by atoms with van der Waals surface area (Å²) in [6, 6.07) is 1.22. The van der Waals surface area contributed by atoms with Crippen molar-refractivity contribution < 1.29 is 13.9 Å². The van der Waals surface area contributed by atoms with Crippen molar-refractivity contribution in [3.63, 3.8) is 0 Å². The molecular formula is C7H7F2IN2O. The van der Waals surface area contributed by atoms with Crippen molar-refractivity contribution in [3.05, 3.63) is 20.9 Å². The summed E-state index contributed by atoms with van der Waals surface area (Å²) in [6.07, 6.45) is -2.64. The van der Waals surface area contributed by atoms with E-state index in [1.54, 1.807) is 0 Å². The summed E-state index contributed by atoms with van der Waals surface area (Å²) in [5.41, 5.74) is 5.39. The van der Waals surface area contributed by atoms with Gasteiger partial charge in [-0.15, -0.1) is 0 Å². The van der Waals surface area contributed by atoms with Gasteiger partial charge in [0.25, 0.3) is 6.43 Å². The fourth-order valence-electron chi connectivity index (χ4n) is 0.846. The van der Waals surface area contributed by atoms with Crippen LogP contribution in [0.3, 0.4) is 0 Å². The number of nitrogen functional groups attached to an aromatic ring is 1. The van der Waals surface area contributed by atoms with E-state index >= 15 is 0 Å². The van der Waals surface area contributed by atoms with Crippen molar-refractivity contribution in [2.24, 2.45) is 0 Å². The van der Waals surface area contributed by atoms with Crippen LogP contribution in [0.4, 0.5) is 14.6 Å². The van der Waals surface area contributed by atoms with Gasteiger partial charge < -0.3 is 10.8 Å². The summed E-state index contributed by atoms with van der Waals surface area (Å²) in [5.74, 6) is -0.0373. The molecule has 72 valence electrons. The predicted molar refractivity (Wildman–Crippen MR) is 52.2 cm³/mol. The minimum Gasteiger partial charge on any atom is -0.391 e. The average molecular weight is 300 g/mol. The molecule has 0 aliphatic heterocycles. The van der Waals surface area contributed by atoms with Gasteiger partial charge in [-0.05, 0) is 28.7 Å². The Morgan fingerprint density at radius 3 is 2.62 bits per heavy atom. The molecule has 1 aromatic rings. The van der Waals surface area contributed by atoms with Gasteiger partial charge in [-0.2, -0.15) is 0 Å². The molecule has 0 spiro atoms. The lowest BCUT2D eigenvalue weighted by Gasteiger charge is -2.07. The fourth-order valence-corrected chi connectivity index (χ4v) is 1.61. The van der Waals surface area contributed by atoms with Gasteiger partial charge in [0, 0.05) is 9.13 Å². The van der Waals surface area contributed by atoms with Gasteiger partial charge in [0.2, 0.25) is 0 Å². The van der Waals surface area contributed by atoms with Gasteiger partial charge in [-0.1, -0.05) is 0 Å². The Balaban J connectivity index is 3.20. The quantitative estimate of drug-likeness (QED) is 0.817. The van der Waals surface area contributed by atoms with Crippen LogP contribution < -0.4 is 5.73 Å². The van der Waals surface area contributed by atoms with E-state index in [-0.39, 0.29) is 18.1 Å². The molecule has 13 heavy (non-hydrogen) atoms. The van der Waals surface area contributed by atoms with Gasteiger partial charge in [0.15, 0.2) is 0 Å². The minimum atomic E-state index is -2.64. The molecule has 0 fully saturated rings. The largest absolute Gasteiger partial charge is 0.391 e. The van der Waals surface area contributed by atoms with Crippen LogP contribution in [0.2, 0.25) is 0 Å². The summed E-state index contributed by atoms with van der Waals surface area (Å²) in [6.45, 7) is -0.291. The molecule has 0 unspecified atom stereocenters. The Bertz CT molecular complexity index is 296. The summed E-state index contributed by atoms with van der Waals surface area (Å²) in [7, 11) is 0. The maximum absolute atomic E-state index is 12.2. The van der Waals surface area contributed by atoms with E-state index in [0.29, 0.717) is 9.13 Å². The van der Waals surface area contributed by atoms with Crippen LogP contribution >= 0.6 is 22.6 Å². The minimum absolute atomic E-state index is 0.0373. The molecule has 1 heterocycles. The summed E-state index contributed by atoms with van der Waals surface area (Å²) >= 11 is 1.83. The molecule has 1 rings (SSSR count). The zero-order valence-electron chi connectivity index (χ0n) is 6.47. The lowest BCUT2D eigenvalue weighted by atomic mass is 10.2. The fraction of sp³-hybridized carbons (Fsp3) is 0.286. The first-order valence-corrected chi connectivity index (χ1v) is 4.48. The molecule has 3 nitrogen and oxygen atoms in total. The standard InChI is InChI=1S/C7H7F2IN2O/c8-6(9)5-1-4(10)3(2-13)7(11)12-5/h1,6,13H,2H2,(H2,11,12). The van der Waals surface area contributed by atoms with Crippen LogP contribution in [0.25, 0.3) is 0 Å². The van der Waals surface area contributed by atoms with Crippen molar-refractivity contribution in [1.82, 2.24) is 4.98 Å². The number of aliphatic hydroxyl groups excluding tert-OH is 1. The first kappa shape index (κ1) is 10.6. The zero-order chi connectivity index (χ0) is 10.0. The van der Waals surface area contributed by atoms with Crippen LogP contribution in [0.5, 0.6) is 0 Å². The molecular weight excluding hydrogens is 293 g/mol. The van der Waals surface area contributed by atoms with E-state index in [9.17, 15) is 8.78 Å². The van der Waals surface area contributed by atoms with Crippen molar-refractivity contribution >= 4 is 28.4 Å². The molecule has 0 saturated heterocycles. The van der Waals surface area contributed by atoms with E-state index in [2.05, 4.69) is 4.98 Å². The Labute approximate surface area is 87.1 Å². The highest BCUT2D eigenvalue weighted by molar-refractivity contribution is 14.1. The Hall–Kier alpha value is -0.500. The lowest BCUT2D eigenvalue weighted by Crippen LogP contribution is -2.04. The number of nitrogens with zero attached hydrogens (tertiary/aromatic N) is 1. The van der Waals surface area contributed by atoms with E-state index in [1.807, 2.05) is 22.6 Å². The van der Waals surface area contributed by atoms with Crippen LogP contribution in [0.15, 0.2) is 6.07 Å². The van der Waals surface area contributed by atoms with Crippen molar-refractivity contribution in [2.45, 2.75) is 13.0 Å². The van der Waals surface area contributed by atoms with Crippen LogP contribution in [-0.2, 0) is 6.61 Å². The molecule has 0 radical (unpaired) electrons. The van der Waals surface area contributed by atoms with Gasteiger partial charge in [-0.3, -0.25) is 0 Å². The van der Waals surface area contributed by atoms with E-state index in [0.717, 1.165) is 0 Å². The molecule has 0 aromatic carbocycles. The lowest BCUT2D eigenvalue weighted by molar-refractivity contribution is 0.146. The second-order valence-electron chi connectivity index (χ2n) is 2.35. The number of hydrogen-bond donors (Lipinski definition) is 2. The number of hydrogen-bond acceptors (Lipinski definition) is 3. The maximum Gasteiger partial charge on any atom is 0.280 e. The van der Waals surface area contributed by atoms with E-state index in [1.165, 1.54) is 6.07 Å². The highest BCUT2D eigenvalue weighted by Crippen LogP contribution is 2.24. The highest BCUT2D eigenvalue weighted by Gasteiger charge is 2.13. The number of rotatable bonds is 2. The third kappa shape index (κ3) is 2.25. The number of halogens is 3. The SMILES string of the molecule is Nc1nc(C(F)F)cc(I)c1CO. The van der Waals surface area contributed by atoms with Gasteiger partial charge in [0.05, 0.1) is 6.61 Å². The normalized spacial score (nSPS) is 10.8. The number of nitrogens with two attached hydrogens (primary N) is 1. The predicted octanol–water partition coefficient (Wildman–Crippen LogP) is 1.70. The van der Waals surface area contributed by atoms with Crippen molar-refractivity contribution in [1.29, 1.82) is 0 Å². The third-order valence-corrected chi connectivity index (χ3v) is 2.47. The number of aliphatic hydroxyl groups is 1. The van der Waals surface area contributed by atoms with Gasteiger partial charge in [-0.25, -0.2) is 13.8 Å². The first-order chi connectivity index (χ1) is 6.06. The molecule has 0 bridgehead atoms. The maximum atomic E-state index is 12.2.